The number of aliphatic imine (C=N–C) groups is 1. The molecule has 1 saturated heterocycles. The molecule has 0 atom stereocenters. The van der Waals surface area contributed by atoms with E-state index in [2.05, 4.69) is 10.3 Å². The number of hydrogen-bond acceptors (Lipinski definition) is 4. The third-order valence-corrected chi connectivity index (χ3v) is 2.49. The van der Waals surface area contributed by atoms with Crippen LogP contribution in [0.25, 0.3) is 0 Å². The van der Waals surface area contributed by atoms with Gasteiger partial charge in [-0.2, -0.15) is 4.99 Å². The topological polar surface area (TPSA) is 97.0 Å². The molecule has 0 spiro atoms. The number of carbonyl (C=O) groups is 2. The zero-order chi connectivity index (χ0) is 13.8. The lowest BCUT2D eigenvalue weighted by molar-refractivity contribution is -0.119. The van der Waals surface area contributed by atoms with Crippen LogP contribution in [-0.2, 0) is 9.59 Å². The Hall–Kier alpha value is -2.57. The van der Waals surface area contributed by atoms with Gasteiger partial charge in [-0.25, -0.2) is 0 Å². The molecular weight excluding hydrogens is 248 g/mol. The second-order valence-electron chi connectivity index (χ2n) is 4.06. The maximum atomic E-state index is 11.6. The summed E-state index contributed by atoms with van der Waals surface area (Å²) in [6, 6.07) is 6.87. The van der Waals surface area contributed by atoms with Crippen molar-refractivity contribution >= 4 is 23.5 Å². The number of amides is 2. The molecule has 0 saturated carbocycles. The highest BCUT2D eigenvalue weighted by Gasteiger charge is 2.22. The summed E-state index contributed by atoms with van der Waals surface area (Å²) in [5.74, 6) is -0.0194. The summed E-state index contributed by atoms with van der Waals surface area (Å²) in [5, 5.41) is 2.48. The smallest absolute Gasteiger partial charge is 0.286 e. The lowest BCUT2D eigenvalue weighted by atomic mass is 10.3. The standard InChI is InChI=1S/C12H14N4O3/c1-16-6-10(17)14-12(16)15-11(18)7-19-9-5-3-2-4-8(9)13/h2-5H,6-7,13H2,1H3,(H,14,15,17,18). The molecule has 1 fully saturated rings. The van der Waals surface area contributed by atoms with Crippen LogP contribution in [0.1, 0.15) is 0 Å². The minimum absolute atomic E-state index is 0.192. The van der Waals surface area contributed by atoms with Gasteiger partial charge in [-0.05, 0) is 12.1 Å². The number of hydrogen-bond donors (Lipinski definition) is 2. The summed E-state index contributed by atoms with van der Waals surface area (Å²) in [7, 11) is 1.67. The Labute approximate surface area is 110 Å². The molecule has 0 radical (unpaired) electrons. The van der Waals surface area contributed by atoms with Gasteiger partial charge in [-0.1, -0.05) is 12.1 Å². The van der Waals surface area contributed by atoms with Crippen LogP contribution >= 0.6 is 0 Å². The van der Waals surface area contributed by atoms with Crippen molar-refractivity contribution in [2.75, 3.05) is 25.9 Å². The number of nitrogens with one attached hydrogen (secondary N) is 1. The van der Waals surface area contributed by atoms with Gasteiger partial charge in [0.15, 0.2) is 6.61 Å². The van der Waals surface area contributed by atoms with Gasteiger partial charge in [0.1, 0.15) is 5.75 Å². The first-order valence-corrected chi connectivity index (χ1v) is 5.66. The molecule has 1 aromatic rings. The molecule has 0 bridgehead atoms. The number of para-hydroxylation sites is 2. The lowest BCUT2D eigenvalue weighted by Gasteiger charge is -2.09. The predicted molar refractivity (Wildman–Crippen MR) is 69.6 cm³/mol. The van der Waals surface area contributed by atoms with E-state index in [-0.39, 0.29) is 25.0 Å². The first-order chi connectivity index (χ1) is 9.06. The molecule has 0 aromatic heterocycles. The number of nitrogens with two attached hydrogens (primary N) is 1. The molecule has 7 heteroatoms. The molecule has 0 aliphatic carbocycles. The van der Waals surface area contributed by atoms with Gasteiger partial charge < -0.3 is 15.4 Å². The average Bonchev–Trinajstić information content (AvgIpc) is 2.67. The fraction of sp³-hybridized carbons (Fsp3) is 0.250. The van der Waals surface area contributed by atoms with Crippen LogP contribution in [-0.4, -0.2) is 42.9 Å². The minimum Gasteiger partial charge on any atom is -0.482 e. The van der Waals surface area contributed by atoms with E-state index in [4.69, 9.17) is 10.5 Å². The van der Waals surface area contributed by atoms with E-state index >= 15 is 0 Å². The van der Waals surface area contributed by atoms with Crippen molar-refractivity contribution in [3.05, 3.63) is 24.3 Å². The highest BCUT2D eigenvalue weighted by atomic mass is 16.5. The third-order valence-electron chi connectivity index (χ3n) is 2.49. The second-order valence-corrected chi connectivity index (χ2v) is 4.06. The quantitative estimate of drug-likeness (QED) is 0.722. The molecule has 7 nitrogen and oxygen atoms in total. The number of rotatable bonds is 3. The van der Waals surface area contributed by atoms with Crippen LogP contribution in [0.3, 0.4) is 0 Å². The molecule has 2 rings (SSSR count). The highest BCUT2D eigenvalue weighted by Crippen LogP contribution is 2.19. The zero-order valence-electron chi connectivity index (χ0n) is 10.4. The van der Waals surface area contributed by atoms with E-state index in [9.17, 15) is 9.59 Å². The number of carbonyl (C=O) groups excluding carboxylic acids is 2. The zero-order valence-corrected chi connectivity index (χ0v) is 10.4. The summed E-state index contributed by atoms with van der Waals surface area (Å²) >= 11 is 0. The van der Waals surface area contributed by atoms with Gasteiger partial charge in [0.2, 0.25) is 11.9 Å². The molecule has 100 valence electrons. The molecule has 0 unspecified atom stereocenters. The number of nitrogens with zero attached hydrogens (tertiary/aromatic N) is 2. The van der Waals surface area contributed by atoms with E-state index in [0.29, 0.717) is 11.4 Å². The Kier molecular flexibility index (Phi) is 3.65. The Balaban J connectivity index is 1.94. The van der Waals surface area contributed by atoms with Crippen LogP contribution < -0.4 is 15.8 Å². The number of benzene rings is 1. The number of ether oxygens (including phenoxy) is 1. The Bertz CT molecular complexity index is 542. The summed E-state index contributed by atoms with van der Waals surface area (Å²) in [6.45, 7) is -0.0416. The molecule has 1 aliphatic heterocycles. The number of anilines is 1. The van der Waals surface area contributed by atoms with Gasteiger partial charge in [-0.15, -0.1) is 0 Å². The number of guanidine groups is 1. The monoisotopic (exact) mass is 262 g/mol. The Morgan fingerprint density at radius 3 is 2.89 bits per heavy atom. The van der Waals surface area contributed by atoms with Crippen LogP contribution in [0.15, 0.2) is 29.3 Å². The highest BCUT2D eigenvalue weighted by molar-refractivity contribution is 6.07. The van der Waals surface area contributed by atoms with E-state index in [1.807, 2.05) is 0 Å². The van der Waals surface area contributed by atoms with Crippen LogP contribution in [0, 0.1) is 0 Å². The van der Waals surface area contributed by atoms with Crippen LogP contribution in [0.5, 0.6) is 5.75 Å². The first kappa shape index (κ1) is 12.9. The van der Waals surface area contributed by atoms with Crippen molar-refractivity contribution in [1.82, 2.24) is 10.2 Å². The van der Waals surface area contributed by atoms with Crippen molar-refractivity contribution in [3.8, 4) is 5.75 Å². The Morgan fingerprint density at radius 1 is 1.53 bits per heavy atom. The minimum atomic E-state index is -0.493. The van der Waals surface area contributed by atoms with Crippen molar-refractivity contribution in [1.29, 1.82) is 0 Å². The van der Waals surface area contributed by atoms with Gasteiger partial charge in [0.05, 0.1) is 12.2 Å². The lowest BCUT2D eigenvalue weighted by Crippen LogP contribution is -2.29. The molecule has 2 amide bonds. The van der Waals surface area contributed by atoms with E-state index in [0.717, 1.165) is 0 Å². The van der Waals surface area contributed by atoms with Gasteiger partial charge in [0.25, 0.3) is 5.91 Å². The van der Waals surface area contributed by atoms with E-state index in [1.54, 1.807) is 36.2 Å². The fourth-order valence-corrected chi connectivity index (χ4v) is 1.57. The molecule has 19 heavy (non-hydrogen) atoms. The maximum Gasteiger partial charge on any atom is 0.286 e. The summed E-state index contributed by atoms with van der Waals surface area (Å²) < 4.78 is 5.26. The largest absolute Gasteiger partial charge is 0.482 e. The van der Waals surface area contributed by atoms with Crippen LogP contribution in [0.2, 0.25) is 0 Å². The molecule has 3 N–H and O–H groups in total. The van der Waals surface area contributed by atoms with Gasteiger partial charge in [-0.3, -0.25) is 14.9 Å². The SMILES string of the molecule is CN1CC(=O)NC1=NC(=O)COc1ccccc1N. The summed E-state index contributed by atoms with van der Waals surface area (Å²) in [6.07, 6.45) is 0. The fourth-order valence-electron chi connectivity index (χ4n) is 1.57. The molecule has 1 aliphatic rings. The second kappa shape index (κ2) is 5.38. The Morgan fingerprint density at radius 2 is 2.26 bits per heavy atom. The van der Waals surface area contributed by atoms with E-state index in [1.165, 1.54) is 0 Å². The van der Waals surface area contributed by atoms with E-state index < -0.39 is 5.91 Å². The average molecular weight is 262 g/mol. The van der Waals surface area contributed by atoms with Crippen molar-refractivity contribution in [3.63, 3.8) is 0 Å². The maximum absolute atomic E-state index is 11.6. The summed E-state index contributed by atoms with van der Waals surface area (Å²) in [5.41, 5.74) is 6.13. The summed E-state index contributed by atoms with van der Waals surface area (Å²) in [4.78, 5) is 28.0. The van der Waals surface area contributed by atoms with Crippen molar-refractivity contribution < 1.29 is 14.3 Å². The van der Waals surface area contributed by atoms with Crippen molar-refractivity contribution in [2.45, 2.75) is 0 Å². The normalized spacial score (nSPS) is 16.6. The molecule has 1 heterocycles. The third kappa shape index (κ3) is 3.21. The first-order valence-electron chi connectivity index (χ1n) is 5.66. The number of likely N-dealkylation sites (N-methyl/N-ethyl adjacent to an activating group) is 1. The number of nitrogen functional groups attached to an aromatic ring is 1. The van der Waals surface area contributed by atoms with Gasteiger partial charge in [0, 0.05) is 7.05 Å². The van der Waals surface area contributed by atoms with Crippen LogP contribution in [0.4, 0.5) is 5.69 Å². The molecule has 1 aromatic carbocycles. The predicted octanol–water partition coefficient (Wildman–Crippen LogP) is -0.408. The van der Waals surface area contributed by atoms with Gasteiger partial charge >= 0.3 is 0 Å². The van der Waals surface area contributed by atoms with Crippen molar-refractivity contribution in [2.24, 2.45) is 4.99 Å². The molecular formula is C12H14N4O3.